The van der Waals surface area contributed by atoms with Gasteiger partial charge in [0.1, 0.15) is 0 Å². The van der Waals surface area contributed by atoms with Crippen molar-refractivity contribution in [1.29, 1.82) is 0 Å². The van der Waals surface area contributed by atoms with Gasteiger partial charge in [-0.3, -0.25) is 4.79 Å². The van der Waals surface area contributed by atoms with Gasteiger partial charge in [0.05, 0.1) is 12.8 Å². The van der Waals surface area contributed by atoms with E-state index in [0.717, 1.165) is 25.0 Å². The van der Waals surface area contributed by atoms with Crippen molar-refractivity contribution in [2.24, 2.45) is 0 Å². The van der Waals surface area contributed by atoms with Crippen LogP contribution in [0.5, 0.6) is 0 Å². The van der Waals surface area contributed by atoms with Gasteiger partial charge in [0, 0.05) is 52.1 Å². The fourth-order valence-electron chi connectivity index (χ4n) is 3.04. The molecule has 0 saturated carbocycles. The number of hydrogen-bond acceptors (Lipinski definition) is 5. The summed E-state index contributed by atoms with van der Waals surface area (Å²) in [6, 6.07) is 8.31. The summed E-state index contributed by atoms with van der Waals surface area (Å²) in [6.07, 6.45) is 1.71. The number of aryl methyl sites for hydroxylation is 1. The van der Waals surface area contributed by atoms with Crippen LogP contribution in [0.25, 0.3) is 0 Å². The maximum Gasteiger partial charge on any atom is 0.238 e. The lowest BCUT2D eigenvalue weighted by Crippen LogP contribution is -2.52. The number of piperazine rings is 1. The Morgan fingerprint density at radius 3 is 2.50 bits per heavy atom. The molecule has 0 bridgehead atoms. The normalized spacial score (nSPS) is 15.5. The van der Waals surface area contributed by atoms with Crippen LogP contribution in [0.3, 0.4) is 0 Å². The first-order valence-electron chi connectivity index (χ1n) is 8.84. The van der Waals surface area contributed by atoms with Crippen LogP contribution in [0.2, 0.25) is 0 Å². The molecule has 1 saturated heterocycles. The number of methoxy groups -OCH3 is 1. The Morgan fingerprint density at radius 2 is 1.92 bits per heavy atom. The van der Waals surface area contributed by atoms with Gasteiger partial charge >= 0.3 is 0 Å². The van der Waals surface area contributed by atoms with E-state index in [2.05, 4.69) is 30.0 Å². The number of hydrogen-bond donors (Lipinski definition) is 0. The highest BCUT2D eigenvalue weighted by atomic mass is 32.2. The number of anilines is 1. The van der Waals surface area contributed by atoms with Gasteiger partial charge in [0.15, 0.2) is 0 Å². The maximum absolute atomic E-state index is 12.6. The van der Waals surface area contributed by atoms with E-state index in [1.54, 1.807) is 12.0 Å². The highest BCUT2D eigenvalue weighted by Crippen LogP contribution is 2.18. The van der Waals surface area contributed by atoms with Gasteiger partial charge in [-0.1, -0.05) is 12.1 Å². The lowest BCUT2D eigenvalue weighted by molar-refractivity contribution is -0.131. The van der Waals surface area contributed by atoms with Gasteiger partial charge in [-0.05, 0) is 31.0 Å². The van der Waals surface area contributed by atoms with Crippen LogP contribution >= 0.6 is 0 Å². The van der Waals surface area contributed by atoms with Gasteiger partial charge in [-0.15, -0.1) is 0 Å². The zero-order chi connectivity index (χ0) is 19.2. The Bertz CT molecular complexity index is 700. The van der Waals surface area contributed by atoms with Gasteiger partial charge < -0.3 is 14.5 Å². The van der Waals surface area contributed by atoms with Gasteiger partial charge in [0.25, 0.3) is 0 Å². The second-order valence-electron chi connectivity index (χ2n) is 6.65. The molecule has 0 unspecified atom stereocenters. The molecule has 2 rings (SSSR count). The first kappa shape index (κ1) is 20.7. The minimum atomic E-state index is -3.42. The number of carbonyl (C=O) groups excluding carboxylic acids is 1. The highest BCUT2D eigenvalue weighted by Gasteiger charge is 2.26. The van der Waals surface area contributed by atoms with Crippen LogP contribution in [0.4, 0.5) is 5.69 Å². The molecule has 1 aliphatic heterocycles. The maximum atomic E-state index is 12.6. The molecule has 0 N–H and O–H groups in total. The van der Waals surface area contributed by atoms with Crippen LogP contribution in [0.1, 0.15) is 12.0 Å². The third-order valence-electron chi connectivity index (χ3n) is 4.54. The molecule has 8 heteroatoms. The minimum Gasteiger partial charge on any atom is -0.385 e. The summed E-state index contributed by atoms with van der Waals surface area (Å²) in [7, 11) is -1.84. The molecular weight excluding hydrogens is 354 g/mol. The Balaban J connectivity index is 1.90. The number of amides is 1. The monoisotopic (exact) mass is 383 g/mol. The standard InChI is InChI=1S/C18H29N3O4S/c1-16-6-4-7-17(14-16)19-9-11-20(12-10-19)18(22)15-21(26(3,23)24)8-5-13-25-2/h4,6-7,14H,5,8-13,15H2,1-3H3. The van der Waals surface area contributed by atoms with Crippen LogP contribution in [-0.4, -0.2) is 82.8 Å². The Labute approximate surface area is 156 Å². The van der Waals surface area contributed by atoms with Gasteiger partial charge in [-0.25, -0.2) is 8.42 Å². The van der Waals surface area contributed by atoms with Gasteiger partial charge in [0.2, 0.25) is 15.9 Å². The third kappa shape index (κ3) is 5.96. The van der Waals surface area contributed by atoms with Crippen molar-refractivity contribution in [1.82, 2.24) is 9.21 Å². The van der Waals surface area contributed by atoms with Crippen LogP contribution in [0, 0.1) is 6.92 Å². The Hall–Kier alpha value is -1.64. The van der Waals surface area contributed by atoms with Crippen molar-refractivity contribution in [3.63, 3.8) is 0 Å². The first-order valence-corrected chi connectivity index (χ1v) is 10.7. The molecule has 0 aliphatic carbocycles. The topological polar surface area (TPSA) is 70.2 Å². The molecule has 1 heterocycles. The fourth-order valence-corrected chi connectivity index (χ4v) is 3.84. The molecule has 1 aromatic rings. The fraction of sp³-hybridized carbons (Fsp3) is 0.611. The molecule has 1 aromatic carbocycles. The Morgan fingerprint density at radius 1 is 1.23 bits per heavy atom. The SMILES string of the molecule is COCCCN(CC(=O)N1CCN(c2cccc(C)c2)CC1)S(C)(=O)=O. The van der Waals surface area contributed by atoms with Crippen LogP contribution < -0.4 is 4.90 Å². The van der Waals surface area contributed by atoms with Crippen molar-refractivity contribution in [3.05, 3.63) is 29.8 Å². The molecule has 0 spiro atoms. The van der Waals surface area contributed by atoms with Crippen molar-refractivity contribution in [3.8, 4) is 0 Å². The summed E-state index contributed by atoms with van der Waals surface area (Å²) in [5.41, 5.74) is 2.37. The number of benzene rings is 1. The number of rotatable bonds is 8. The largest absolute Gasteiger partial charge is 0.385 e. The smallest absolute Gasteiger partial charge is 0.238 e. The highest BCUT2D eigenvalue weighted by molar-refractivity contribution is 7.88. The summed E-state index contributed by atoms with van der Waals surface area (Å²) in [6.45, 7) is 5.41. The molecule has 0 radical (unpaired) electrons. The molecule has 7 nitrogen and oxygen atoms in total. The average molecular weight is 384 g/mol. The summed E-state index contributed by atoms with van der Waals surface area (Å²) >= 11 is 0. The van der Waals surface area contributed by atoms with Crippen molar-refractivity contribution < 1.29 is 17.9 Å². The van der Waals surface area contributed by atoms with E-state index < -0.39 is 10.0 Å². The lowest BCUT2D eigenvalue weighted by atomic mass is 10.2. The molecule has 1 amide bonds. The van der Waals surface area contributed by atoms with E-state index >= 15 is 0 Å². The third-order valence-corrected chi connectivity index (χ3v) is 5.79. The number of sulfonamides is 1. The second kappa shape index (κ2) is 9.34. The first-order chi connectivity index (χ1) is 12.3. The molecule has 0 aromatic heterocycles. The predicted molar refractivity (Wildman–Crippen MR) is 103 cm³/mol. The molecule has 0 atom stereocenters. The van der Waals surface area contributed by atoms with E-state index in [-0.39, 0.29) is 12.5 Å². The van der Waals surface area contributed by atoms with Crippen molar-refractivity contribution in [2.45, 2.75) is 13.3 Å². The summed E-state index contributed by atoms with van der Waals surface area (Å²) in [4.78, 5) is 16.6. The molecule has 1 fully saturated rings. The summed E-state index contributed by atoms with van der Waals surface area (Å²) in [5.74, 6) is -0.142. The minimum absolute atomic E-state index is 0.104. The number of nitrogens with zero attached hydrogens (tertiary/aromatic N) is 3. The predicted octanol–water partition coefficient (Wildman–Crippen LogP) is 0.942. The van der Waals surface area contributed by atoms with Crippen molar-refractivity contribution >= 4 is 21.6 Å². The van der Waals surface area contributed by atoms with E-state index in [0.29, 0.717) is 32.7 Å². The van der Waals surface area contributed by atoms with Crippen LogP contribution in [-0.2, 0) is 19.6 Å². The average Bonchev–Trinajstić information content (AvgIpc) is 2.60. The number of carbonyl (C=O) groups is 1. The zero-order valence-corrected chi connectivity index (χ0v) is 16.7. The number of ether oxygens (including phenoxy) is 1. The lowest BCUT2D eigenvalue weighted by Gasteiger charge is -2.37. The molecular formula is C18H29N3O4S. The molecule has 26 heavy (non-hydrogen) atoms. The molecule has 1 aliphatic rings. The van der Waals surface area contributed by atoms with E-state index in [9.17, 15) is 13.2 Å². The van der Waals surface area contributed by atoms with E-state index in [1.165, 1.54) is 9.87 Å². The van der Waals surface area contributed by atoms with Gasteiger partial charge in [-0.2, -0.15) is 4.31 Å². The summed E-state index contributed by atoms with van der Waals surface area (Å²) < 4.78 is 30.0. The van der Waals surface area contributed by atoms with E-state index in [4.69, 9.17) is 4.74 Å². The van der Waals surface area contributed by atoms with E-state index in [1.807, 2.05) is 6.07 Å². The summed E-state index contributed by atoms with van der Waals surface area (Å²) in [5, 5.41) is 0. The van der Waals surface area contributed by atoms with Crippen molar-refractivity contribution in [2.75, 3.05) is 64.1 Å². The quantitative estimate of drug-likeness (QED) is 0.625. The van der Waals surface area contributed by atoms with Crippen LogP contribution in [0.15, 0.2) is 24.3 Å². The second-order valence-corrected chi connectivity index (χ2v) is 8.63. The Kier molecular flexibility index (Phi) is 7.43. The zero-order valence-electron chi connectivity index (χ0n) is 15.8. The molecule has 146 valence electrons.